The molecule has 36 heavy (non-hydrogen) atoms. The van der Waals surface area contributed by atoms with E-state index in [4.69, 9.17) is 79.6 Å². The van der Waals surface area contributed by atoms with Crippen molar-refractivity contribution in [2.75, 3.05) is 38.1 Å². The summed E-state index contributed by atoms with van der Waals surface area (Å²) in [5.41, 5.74) is 2.72. The van der Waals surface area contributed by atoms with Crippen LogP contribution in [0.5, 0.6) is 0 Å². The van der Waals surface area contributed by atoms with Crippen LogP contribution in [0, 0.1) is 0 Å². The zero-order chi connectivity index (χ0) is 25.8. The van der Waals surface area contributed by atoms with Gasteiger partial charge in [0.15, 0.2) is 11.5 Å². The van der Waals surface area contributed by atoms with Crippen LogP contribution in [0.15, 0.2) is 46.9 Å². The largest absolute Gasteiger partial charge is 0.353 e. The van der Waals surface area contributed by atoms with Crippen LogP contribution in [0.2, 0.25) is 15.2 Å². The maximum atomic E-state index is 7.14. The first-order valence-corrected chi connectivity index (χ1v) is 13.9. The molecule has 3 heterocycles. The first kappa shape index (κ1) is 26.6. The number of likely N-dealkylation sites (N-methyl/N-ethyl adjacent to an activating group) is 1. The van der Waals surface area contributed by atoms with Gasteiger partial charge in [0.2, 0.25) is 3.79 Å². The van der Waals surface area contributed by atoms with E-state index < -0.39 is 3.79 Å². The number of hydrogen-bond acceptors (Lipinski definition) is 4. The molecule has 0 unspecified atom stereocenters. The molecule has 0 radical (unpaired) electrons. The van der Waals surface area contributed by atoms with Crippen molar-refractivity contribution in [1.82, 2.24) is 19.4 Å². The van der Waals surface area contributed by atoms with Gasteiger partial charge in [-0.25, -0.2) is 9.97 Å². The van der Waals surface area contributed by atoms with E-state index in [1.165, 1.54) is 0 Å². The molecule has 0 amide bonds. The number of fused-ring (bicyclic) bond motifs is 1. The van der Waals surface area contributed by atoms with E-state index in [-0.39, 0.29) is 5.82 Å². The Kier molecular flexibility index (Phi) is 7.63. The van der Waals surface area contributed by atoms with Gasteiger partial charge in [0.1, 0.15) is 11.0 Å². The average Bonchev–Trinajstić information content (AvgIpc) is 3.11. The van der Waals surface area contributed by atoms with Crippen molar-refractivity contribution in [3.63, 3.8) is 0 Å². The molecular formula is C24H18BrCl6N5. The van der Waals surface area contributed by atoms with Gasteiger partial charge in [0, 0.05) is 41.2 Å². The van der Waals surface area contributed by atoms with Gasteiger partial charge in [-0.15, -0.1) is 0 Å². The Morgan fingerprint density at radius 1 is 0.889 bits per heavy atom. The standard InChI is InChI=1S/C24H18BrCl6N5/c1-34-8-10-35(11-9-34)21-19-18(13-2-4-14(25)5-3-13)20(28)36(17-7-6-15(26)12-16(17)27)22(19)33-23(32-21)24(29,30)31/h2-7,12H,8-11H2,1H3. The highest BCUT2D eigenvalue weighted by Gasteiger charge is 2.33. The molecule has 0 aliphatic carbocycles. The fourth-order valence-electron chi connectivity index (χ4n) is 4.27. The van der Waals surface area contributed by atoms with Gasteiger partial charge in [-0.3, -0.25) is 4.57 Å². The number of benzene rings is 2. The summed E-state index contributed by atoms with van der Waals surface area (Å²) in [7, 11) is 2.09. The number of nitrogens with zero attached hydrogens (tertiary/aromatic N) is 5. The van der Waals surface area contributed by atoms with Crippen LogP contribution in [-0.2, 0) is 3.79 Å². The van der Waals surface area contributed by atoms with E-state index >= 15 is 0 Å². The molecule has 1 aliphatic rings. The summed E-state index contributed by atoms with van der Waals surface area (Å²) < 4.78 is 0.855. The quantitative estimate of drug-likeness (QED) is 0.206. The smallest absolute Gasteiger partial charge is 0.250 e. The Morgan fingerprint density at radius 3 is 2.17 bits per heavy atom. The van der Waals surface area contributed by atoms with Crippen LogP contribution in [0.1, 0.15) is 5.82 Å². The monoisotopic (exact) mass is 665 g/mol. The highest BCUT2D eigenvalue weighted by Crippen LogP contribution is 2.46. The summed E-state index contributed by atoms with van der Waals surface area (Å²) in [6, 6.07) is 13.0. The maximum absolute atomic E-state index is 7.14. The fourth-order valence-corrected chi connectivity index (χ4v) is 5.65. The third-order valence-electron chi connectivity index (χ3n) is 6.08. The van der Waals surface area contributed by atoms with Gasteiger partial charge in [0.05, 0.1) is 16.1 Å². The van der Waals surface area contributed by atoms with E-state index in [1.807, 2.05) is 24.3 Å². The molecule has 4 aromatic rings. The number of rotatable bonds is 3. The van der Waals surface area contributed by atoms with Gasteiger partial charge in [-0.2, -0.15) is 0 Å². The Labute approximate surface area is 246 Å². The van der Waals surface area contributed by atoms with E-state index in [0.717, 1.165) is 47.2 Å². The average molecular weight is 669 g/mol. The van der Waals surface area contributed by atoms with Crippen LogP contribution in [0.25, 0.3) is 27.8 Å². The molecule has 12 heteroatoms. The summed E-state index contributed by atoms with van der Waals surface area (Å²) in [4.78, 5) is 13.9. The summed E-state index contributed by atoms with van der Waals surface area (Å²) in [6.07, 6.45) is 0. The van der Waals surface area contributed by atoms with Crippen LogP contribution < -0.4 is 4.90 Å². The first-order valence-electron chi connectivity index (χ1n) is 10.9. The van der Waals surface area contributed by atoms with Crippen molar-refractivity contribution in [3.8, 4) is 16.8 Å². The summed E-state index contributed by atoms with van der Waals surface area (Å²) in [5, 5.41) is 2.05. The zero-order valence-corrected chi connectivity index (χ0v) is 24.9. The van der Waals surface area contributed by atoms with Crippen molar-refractivity contribution < 1.29 is 0 Å². The number of alkyl halides is 3. The molecule has 5 nitrogen and oxygen atoms in total. The molecule has 0 N–H and O–H groups in total. The van der Waals surface area contributed by atoms with Gasteiger partial charge in [-0.1, -0.05) is 97.7 Å². The lowest BCUT2D eigenvalue weighted by Crippen LogP contribution is -2.45. The van der Waals surface area contributed by atoms with Crippen molar-refractivity contribution in [1.29, 1.82) is 0 Å². The Morgan fingerprint density at radius 2 is 1.56 bits per heavy atom. The number of anilines is 1. The number of halogens is 7. The fraction of sp³-hybridized carbons (Fsp3) is 0.250. The highest BCUT2D eigenvalue weighted by atomic mass is 79.9. The normalized spacial score (nSPS) is 15.2. The van der Waals surface area contributed by atoms with Crippen LogP contribution in [0.4, 0.5) is 5.82 Å². The molecule has 1 saturated heterocycles. The lowest BCUT2D eigenvalue weighted by Gasteiger charge is -2.34. The summed E-state index contributed by atoms with van der Waals surface area (Å²) in [6.45, 7) is 3.21. The Hall–Kier alpha value is -0.960. The lowest BCUT2D eigenvalue weighted by molar-refractivity contribution is 0.312. The predicted octanol–water partition coefficient (Wildman–Crippen LogP) is 8.39. The molecule has 188 valence electrons. The second-order valence-electron chi connectivity index (χ2n) is 8.46. The molecule has 0 bridgehead atoms. The van der Waals surface area contributed by atoms with E-state index in [9.17, 15) is 0 Å². The zero-order valence-electron chi connectivity index (χ0n) is 18.8. The molecule has 0 saturated carbocycles. The van der Waals surface area contributed by atoms with E-state index in [0.29, 0.717) is 32.4 Å². The van der Waals surface area contributed by atoms with Crippen LogP contribution in [0.3, 0.4) is 0 Å². The topological polar surface area (TPSA) is 37.2 Å². The maximum Gasteiger partial charge on any atom is 0.250 e. The minimum absolute atomic E-state index is 0.0526. The number of aromatic nitrogens is 3. The van der Waals surface area contributed by atoms with Crippen LogP contribution in [-0.4, -0.2) is 52.7 Å². The van der Waals surface area contributed by atoms with E-state index in [2.05, 4.69) is 32.8 Å². The molecule has 1 fully saturated rings. The number of piperazine rings is 1. The second-order valence-corrected chi connectivity index (χ2v) is 12.9. The Bertz CT molecular complexity index is 1440. The summed E-state index contributed by atoms with van der Waals surface area (Å²) >= 11 is 42.4. The van der Waals surface area contributed by atoms with Crippen molar-refractivity contribution in [3.05, 3.63) is 68.0 Å². The number of hydrogen-bond donors (Lipinski definition) is 0. The van der Waals surface area contributed by atoms with Gasteiger partial charge in [0.25, 0.3) is 0 Å². The van der Waals surface area contributed by atoms with Crippen molar-refractivity contribution in [2.45, 2.75) is 3.79 Å². The molecule has 0 spiro atoms. The Balaban J connectivity index is 1.90. The van der Waals surface area contributed by atoms with E-state index in [1.54, 1.807) is 22.8 Å². The van der Waals surface area contributed by atoms with Gasteiger partial charge < -0.3 is 9.80 Å². The predicted molar refractivity (Wildman–Crippen MR) is 156 cm³/mol. The molecule has 1 aliphatic heterocycles. The van der Waals surface area contributed by atoms with Crippen LogP contribution >= 0.6 is 85.5 Å². The van der Waals surface area contributed by atoms with Gasteiger partial charge in [-0.05, 0) is 42.9 Å². The minimum atomic E-state index is -1.85. The highest BCUT2D eigenvalue weighted by molar-refractivity contribution is 9.10. The minimum Gasteiger partial charge on any atom is -0.353 e. The van der Waals surface area contributed by atoms with Crippen molar-refractivity contribution >= 4 is 102 Å². The van der Waals surface area contributed by atoms with Crippen molar-refractivity contribution in [2.24, 2.45) is 0 Å². The SMILES string of the molecule is CN1CCN(c2nc(C(Cl)(Cl)Cl)nc3c2c(-c2ccc(Br)cc2)c(Cl)n3-c2ccc(Cl)cc2Cl)CC1. The lowest BCUT2D eigenvalue weighted by atomic mass is 10.1. The summed E-state index contributed by atoms with van der Waals surface area (Å²) in [5.74, 6) is 0.704. The molecule has 5 rings (SSSR count). The third-order valence-corrected chi connectivity index (χ3v) is 8.01. The third kappa shape index (κ3) is 5.04. The first-order chi connectivity index (χ1) is 17.0. The molecule has 2 aromatic carbocycles. The second kappa shape index (κ2) is 10.3. The molecule has 0 atom stereocenters. The van der Waals surface area contributed by atoms with Gasteiger partial charge >= 0.3 is 0 Å². The molecular weight excluding hydrogens is 651 g/mol. The molecule has 2 aromatic heterocycles.